The molecule has 3 rings (SSSR count). The van der Waals surface area contributed by atoms with E-state index in [1.807, 2.05) is 32.9 Å². The van der Waals surface area contributed by atoms with Crippen molar-refractivity contribution in [3.63, 3.8) is 0 Å². The van der Waals surface area contributed by atoms with Gasteiger partial charge in [0.15, 0.2) is 11.4 Å². The van der Waals surface area contributed by atoms with Gasteiger partial charge in [-0.2, -0.15) is 9.61 Å². The van der Waals surface area contributed by atoms with E-state index in [9.17, 15) is 9.59 Å². The summed E-state index contributed by atoms with van der Waals surface area (Å²) in [5.41, 5.74) is 2.18. The zero-order chi connectivity index (χ0) is 18.0. The van der Waals surface area contributed by atoms with Crippen LogP contribution in [0, 0.1) is 5.92 Å². The van der Waals surface area contributed by atoms with Crippen LogP contribution in [0.1, 0.15) is 42.6 Å². The van der Waals surface area contributed by atoms with Gasteiger partial charge >= 0.3 is 0 Å². The Labute approximate surface area is 145 Å². The lowest BCUT2D eigenvalue weighted by atomic mass is 9.95. The van der Waals surface area contributed by atoms with E-state index in [0.717, 1.165) is 5.56 Å². The lowest BCUT2D eigenvalue weighted by molar-refractivity contribution is -0.117. The molecule has 0 aliphatic carbocycles. The molecule has 0 aliphatic rings. The third-order valence-corrected chi connectivity index (χ3v) is 4.15. The first-order valence-electron chi connectivity index (χ1n) is 8.21. The number of benzene rings is 1. The van der Waals surface area contributed by atoms with Crippen LogP contribution >= 0.6 is 0 Å². The van der Waals surface area contributed by atoms with Crippen molar-refractivity contribution in [2.75, 3.05) is 5.32 Å². The average molecular weight is 336 g/mol. The van der Waals surface area contributed by atoms with E-state index in [0.29, 0.717) is 17.0 Å². The summed E-state index contributed by atoms with van der Waals surface area (Å²) in [4.78, 5) is 28.7. The van der Waals surface area contributed by atoms with Crippen LogP contribution < -0.4 is 5.32 Å². The molecule has 0 fully saturated rings. The van der Waals surface area contributed by atoms with Gasteiger partial charge in [0, 0.05) is 23.7 Å². The van der Waals surface area contributed by atoms with Crippen molar-refractivity contribution in [3.8, 4) is 0 Å². The van der Waals surface area contributed by atoms with E-state index in [1.54, 1.807) is 41.2 Å². The number of amides is 1. The molecule has 25 heavy (non-hydrogen) atoms. The molecule has 3 aromatic rings. The summed E-state index contributed by atoms with van der Waals surface area (Å²) in [5.74, 6) is 0.114. The van der Waals surface area contributed by atoms with E-state index in [-0.39, 0.29) is 23.5 Å². The number of rotatable bonds is 5. The number of Topliss-reactive ketones (excluding diaryl/α,β-unsaturated/α-hetero) is 1. The Morgan fingerprint density at radius 2 is 1.72 bits per heavy atom. The van der Waals surface area contributed by atoms with E-state index in [4.69, 9.17) is 0 Å². The molecule has 0 radical (unpaired) electrons. The number of hydrogen-bond acceptors (Lipinski definition) is 4. The SMILES string of the molecule is CC(C)C(=O)c1ccc([C@@H](C)C(=O)Nc2ccnc3ccnn23)cc1. The highest BCUT2D eigenvalue weighted by Crippen LogP contribution is 2.20. The van der Waals surface area contributed by atoms with Gasteiger partial charge in [-0.05, 0) is 18.6 Å². The molecular weight excluding hydrogens is 316 g/mol. The van der Waals surface area contributed by atoms with Gasteiger partial charge in [-0.25, -0.2) is 4.98 Å². The number of anilines is 1. The Hall–Kier alpha value is -3.02. The van der Waals surface area contributed by atoms with E-state index in [2.05, 4.69) is 15.4 Å². The van der Waals surface area contributed by atoms with Gasteiger partial charge in [0.1, 0.15) is 5.82 Å². The lowest BCUT2D eigenvalue weighted by Gasteiger charge is -2.14. The first-order valence-corrected chi connectivity index (χ1v) is 8.21. The summed E-state index contributed by atoms with van der Waals surface area (Å²) in [6.07, 6.45) is 3.26. The highest BCUT2D eigenvalue weighted by molar-refractivity contribution is 5.98. The fourth-order valence-corrected chi connectivity index (χ4v) is 2.58. The maximum absolute atomic E-state index is 12.6. The normalized spacial score (nSPS) is 12.3. The van der Waals surface area contributed by atoms with Crippen molar-refractivity contribution in [1.82, 2.24) is 14.6 Å². The summed E-state index contributed by atoms with van der Waals surface area (Å²) in [5, 5.41) is 7.03. The molecule has 0 saturated carbocycles. The van der Waals surface area contributed by atoms with Crippen molar-refractivity contribution in [2.45, 2.75) is 26.7 Å². The Kier molecular flexibility index (Phi) is 4.61. The molecule has 0 aliphatic heterocycles. The molecule has 2 aromatic heterocycles. The number of fused-ring (bicyclic) bond motifs is 1. The minimum atomic E-state index is -0.359. The molecule has 1 N–H and O–H groups in total. The number of ketones is 1. The second-order valence-corrected chi connectivity index (χ2v) is 6.28. The van der Waals surface area contributed by atoms with Gasteiger partial charge in [-0.15, -0.1) is 0 Å². The van der Waals surface area contributed by atoms with Gasteiger partial charge < -0.3 is 5.32 Å². The Balaban J connectivity index is 1.76. The Bertz CT molecular complexity index is 913. The molecule has 128 valence electrons. The van der Waals surface area contributed by atoms with Gasteiger partial charge in [-0.1, -0.05) is 38.1 Å². The van der Waals surface area contributed by atoms with Crippen LogP contribution in [0.3, 0.4) is 0 Å². The molecular formula is C19H20N4O2. The number of aromatic nitrogens is 3. The minimum absolute atomic E-state index is 0.0465. The van der Waals surface area contributed by atoms with Crippen LogP contribution in [0.15, 0.2) is 48.8 Å². The largest absolute Gasteiger partial charge is 0.310 e. The van der Waals surface area contributed by atoms with E-state index < -0.39 is 0 Å². The molecule has 0 bridgehead atoms. The second-order valence-electron chi connectivity index (χ2n) is 6.28. The molecule has 1 aromatic carbocycles. The molecule has 6 heteroatoms. The van der Waals surface area contributed by atoms with E-state index >= 15 is 0 Å². The predicted molar refractivity (Wildman–Crippen MR) is 95.6 cm³/mol. The van der Waals surface area contributed by atoms with Crippen molar-refractivity contribution in [1.29, 1.82) is 0 Å². The number of carbonyl (C=O) groups is 2. The molecule has 1 atom stereocenters. The van der Waals surface area contributed by atoms with Crippen LogP contribution in [0.4, 0.5) is 5.82 Å². The summed E-state index contributed by atoms with van der Waals surface area (Å²) < 4.78 is 1.58. The first kappa shape index (κ1) is 16.8. The highest BCUT2D eigenvalue weighted by Gasteiger charge is 2.18. The second kappa shape index (κ2) is 6.84. The first-order chi connectivity index (χ1) is 12.0. The van der Waals surface area contributed by atoms with Gasteiger partial charge in [-0.3, -0.25) is 9.59 Å². The fourth-order valence-electron chi connectivity index (χ4n) is 2.58. The van der Waals surface area contributed by atoms with Gasteiger partial charge in [0.2, 0.25) is 5.91 Å². The van der Waals surface area contributed by atoms with Crippen molar-refractivity contribution >= 4 is 23.2 Å². The van der Waals surface area contributed by atoms with Crippen LogP contribution in [-0.2, 0) is 4.79 Å². The summed E-state index contributed by atoms with van der Waals surface area (Å²) >= 11 is 0. The molecule has 6 nitrogen and oxygen atoms in total. The maximum atomic E-state index is 12.6. The van der Waals surface area contributed by atoms with Gasteiger partial charge in [0.05, 0.1) is 12.1 Å². The zero-order valence-electron chi connectivity index (χ0n) is 14.4. The fraction of sp³-hybridized carbons (Fsp3) is 0.263. The predicted octanol–water partition coefficient (Wildman–Crippen LogP) is 3.31. The van der Waals surface area contributed by atoms with Crippen molar-refractivity contribution < 1.29 is 9.59 Å². The van der Waals surface area contributed by atoms with Crippen molar-refractivity contribution in [3.05, 3.63) is 59.9 Å². The quantitative estimate of drug-likeness (QED) is 0.725. The molecule has 0 saturated heterocycles. The number of hydrogen-bond donors (Lipinski definition) is 1. The summed E-state index contributed by atoms with van der Waals surface area (Å²) in [6, 6.07) is 10.7. The highest BCUT2D eigenvalue weighted by atomic mass is 16.2. The van der Waals surface area contributed by atoms with E-state index in [1.165, 1.54) is 0 Å². The van der Waals surface area contributed by atoms with Crippen LogP contribution in [-0.4, -0.2) is 26.3 Å². The molecule has 1 amide bonds. The maximum Gasteiger partial charge on any atom is 0.232 e. The number of nitrogens with one attached hydrogen (secondary N) is 1. The van der Waals surface area contributed by atoms with Crippen molar-refractivity contribution in [2.24, 2.45) is 5.92 Å². The average Bonchev–Trinajstić information content (AvgIpc) is 3.10. The summed E-state index contributed by atoms with van der Waals surface area (Å²) in [6.45, 7) is 5.57. The van der Waals surface area contributed by atoms with Crippen LogP contribution in [0.5, 0.6) is 0 Å². The van der Waals surface area contributed by atoms with Crippen LogP contribution in [0.25, 0.3) is 5.65 Å². The molecule has 0 spiro atoms. The third-order valence-electron chi connectivity index (χ3n) is 4.15. The smallest absolute Gasteiger partial charge is 0.232 e. The lowest BCUT2D eigenvalue weighted by Crippen LogP contribution is -2.21. The standard InChI is InChI=1S/C19H20N4O2/c1-12(2)18(24)15-6-4-14(5-7-15)13(3)19(25)22-17-8-10-20-16-9-11-21-23(16)17/h4-13H,1-3H3,(H,22,25)/t13-/m1/s1. The monoisotopic (exact) mass is 336 g/mol. The number of carbonyl (C=O) groups excluding carboxylic acids is 2. The third kappa shape index (κ3) is 3.42. The molecule has 0 unspecified atom stereocenters. The van der Waals surface area contributed by atoms with Crippen LogP contribution in [0.2, 0.25) is 0 Å². The Morgan fingerprint density at radius 1 is 1.00 bits per heavy atom. The zero-order valence-corrected chi connectivity index (χ0v) is 14.4. The minimum Gasteiger partial charge on any atom is -0.310 e. The Morgan fingerprint density at radius 3 is 2.40 bits per heavy atom. The molecule has 2 heterocycles. The topological polar surface area (TPSA) is 76.4 Å². The van der Waals surface area contributed by atoms with Gasteiger partial charge in [0.25, 0.3) is 0 Å². The number of nitrogens with zero attached hydrogens (tertiary/aromatic N) is 3. The summed E-state index contributed by atoms with van der Waals surface area (Å²) in [7, 11) is 0.